The number of anilines is 2. The van der Waals surface area contributed by atoms with Crippen LogP contribution in [0.2, 0.25) is 0 Å². The Morgan fingerprint density at radius 2 is 1.92 bits per heavy atom. The number of carbonyl (C=O) groups is 2. The standard InChI is InChI=1S/C20H22N2O3/c1-13-7-5-10-16(18(13)21)20(24)25-14(2)19(23)22-12-6-9-15-8-3-4-11-17(15)22/h3-5,7-8,10-11,14H,6,9,12,21H2,1-2H3. The molecule has 1 heterocycles. The first kappa shape index (κ1) is 17.0. The van der Waals surface area contributed by atoms with Crippen LogP contribution in [-0.4, -0.2) is 24.5 Å². The summed E-state index contributed by atoms with van der Waals surface area (Å²) in [6.07, 6.45) is 0.973. The quantitative estimate of drug-likeness (QED) is 0.689. The summed E-state index contributed by atoms with van der Waals surface area (Å²) < 4.78 is 5.39. The molecule has 2 aromatic rings. The second kappa shape index (κ2) is 6.97. The first-order valence-electron chi connectivity index (χ1n) is 8.44. The van der Waals surface area contributed by atoms with Crippen LogP contribution in [-0.2, 0) is 16.0 Å². The number of amides is 1. The van der Waals surface area contributed by atoms with Gasteiger partial charge in [0.05, 0.1) is 5.56 Å². The molecule has 3 rings (SSSR count). The Hall–Kier alpha value is -2.82. The zero-order valence-corrected chi connectivity index (χ0v) is 14.5. The zero-order chi connectivity index (χ0) is 18.0. The van der Waals surface area contributed by atoms with E-state index < -0.39 is 12.1 Å². The lowest BCUT2D eigenvalue weighted by atomic mass is 10.0. The molecule has 0 spiro atoms. The Bertz CT molecular complexity index is 816. The van der Waals surface area contributed by atoms with Crippen LogP contribution in [0.1, 0.15) is 34.8 Å². The fraction of sp³-hybridized carbons (Fsp3) is 0.300. The number of rotatable bonds is 3. The van der Waals surface area contributed by atoms with Crippen LogP contribution in [0.25, 0.3) is 0 Å². The van der Waals surface area contributed by atoms with Gasteiger partial charge in [0, 0.05) is 17.9 Å². The monoisotopic (exact) mass is 338 g/mol. The van der Waals surface area contributed by atoms with Gasteiger partial charge in [0.25, 0.3) is 5.91 Å². The molecule has 130 valence electrons. The van der Waals surface area contributed by atoms with Gasteiger partial charge < -0.3 is 15.4 Å². The van der Waals surface area contributed by atoms with Crippen LogP contribution in [0.15, 0.2) is 42.5 Å². The number of esters is 1. The summed E-state index contributed by atoms with van der Waals surface area (Å²) in [6, 6.07) is 13.0. The van der Waals surface area contributed by atoms with Crippen molar-refractivity contribution in [2.45, 2.75) is 32.8 Å². The third-order valence-corrected chi connectivity index (χ3v) is 4.55. The van der Waals surface area contributed by atoms with E-state index in [4.69, 9.17) is 10.5 Å². The van der Waals surface area contributed by atoms with Crippen molar-refractivity contribution in [3.8, 4) is 0 Å². The van der Waals surface area contributed by atoms with Crippen molar-refractivity contribution in [1.29, 1.82) is 0 Å². The molecule has 0 fully saturated rings. The van der Waals surface area contributed by atoms with Crippen LogP contribution in [0.4, 0.5) is 11.4 Å². The fourth-order valence-corrected chi connectivity index (χ4v) is 3.12. The zero-order valence-electron chi connectivity index (χ0n) is 14.5. The molecule has 5 nitrogen and oxygen atoms in total. The number of fused-ring (bicyclic) bond motifs is 1. The summed E-state index contributed by atoms with van der Waals surface area (Å²) in [5.74, 6) is -0.793. The fourth-order valence-electron chi connectivity index (χ4n) is 3.12. The summed E-state index contributed by atoms with van der Waals surface area (Å²) in [5, 5.41) is 0. The number of carbonyl (C=O) groups excluding carboxylic acids is 2. The van der Waals surface area contributed by atoms with Gasteiger partial charge in [-0.05, 0) is 49.9 Å². The molecule has 0 bridgehead atoms. The number of para-hydroxylation sites is 2. The molecule has 1 amide bonds. The van der Waals surface area contributed by atoms with Crippen molar-refractivity contribution in [3.05, 3.63) is 59.2 Å². The van der Waals surface area contributed by atoms with E-state index in [0.29, 0.717) is 17.8 Å². The van der Waals surface area contributed by atoms with Crippen LogP contribution < -0.4 is 10.6 Å². The Balaban J connectivity index is 1.76. The van der Waals surface area contributed by atoms with Gasteiger partial charge in [0.1, 0.15) is 0 Å². The second-order valence-corrected chi connectivity index (χ2v) is 6.31. The van der Waals surface area contributed by atoms with Crippen molar-refractivity contribution in [3.63, 3.8) is 0 Å². The van der Waals surface area contributed by atoms with Crippen LogP contribution in [0, 0.1) is 6.92 Å². The molecule has 0 saturated heterocycles. The van der Waals surface area contributed by atoms with E-state index in [1.165, 1.54) is 0 Å². The third kappa shape index (κ3) is 3.36. The first-order valence-corrected chi connectivity index (χ1v) is 8.44. The predicted molar refractivity (Wildman–Crippen MR) is 97.6 cm³/mol. The molecule has 0 radical (unpaired) electrons. The van der Waals surface area contributed by atoms with E-state index in [2.05, 4.69) is 0 Å². The SMILES string of the molecule is Cc1cccc(C(=O)OC(C)C(=O)N2CCCc3ccccc32)c1N. The smallest absolute Gasteiger partial charge is 0.341 e. The molecule has 1 aliphatic heterocycles. The molecule has 1 atom stereocenters. The van der Waals surface area contributed by atoms with Crippen LogP contribution >= 0.6 is 0 Å². The molecule has 5 heteroatoms. The van der Waals surface area contributed by atoms with Gasteiger partial charge in [-0.2, -0.15) is 0 Å². The van der Waals surface area contributed by atoms with E-state index in [9.17, 15) is 9.59 Å². The average Bonchev–Trinajstić information content (AvgIpc) is 2.62. The molecule has 1 unspecified atom stereocenters. The highest BCUT2D eigenvalue weighted by Crippen LogP contribution is 2.27. The average molecular weight is 338 g/mol. The summed E-state index contributed by atoms with van der Waals surface area (Å²) >= 11 is 0. The van der Waals surface area contributed by atoms with Crippen molar-refractivity contribution < 1.29 is 14.3 Å². The number of aryl methyl sites for hydroxylation is 2. The largest absolute Gasteiger partial charge is 0.449 e. The Labute approximate surface area is 147 Å². The summed E-state index contributed by atoms with van der Waals surface area (Å²) in [6.45, 7) is 4.05. The molecule has 2 aromatic carbocycles. The lowest BCUT2D eigenvalue weighted by Crippen LogP contribution is -2.42. The summed E-state index contributed by atoms with van der Waals surface area (Å²) in [4.78, 5) is 26.9. The normalized spacial score (nSPS) is 14.6. The topological polar surface area (TPSA) is 72.6 Å². The summed E-state index contributed by atoms with van der Waals surface area (Å²) in [5.41, 5.74) is 9.47. The molecule has 0 aromatic heterocycles. The van der Waals surface area contributed by atoms with Crippen molar-refractivity contribution >= 4 is 23.3 Å². The highest BCUT2D eigenvalue weighted by atomic mass is 16.5. The third-order valence-electron chi connectivity index (χ3n) is 4.55. The number of hydrogen-bond donors (Lipinski definition) is 1. The lowest BCUT2D eigenvalue weighted by Gasteiger charge is -2.31. The molecule has 0 aliphatic carbocycles. The van der Waals surface area contributed by atoms with E-state index in [-0.39, 0.29) is 5.91 Å². The maximum atomic E-state index is 12.8. The first-order chi connectivity index (χ1) is 12.0. The minimum atomic E-state index is -0.876. The Morgan fingerprint density at radius 1 is 1.16 bits per heavy atom. The number of benzene rings is 2. The van der Waals surface area contributed by atoms with Gasteiger partial charge in [0.2, 0.25) is 0 Å². The number of hydrogen-bond acceptors (Lipinski definition) is 4. The highest BCUT2D eigenvalue weighted by molar-refractivity contribution is 6.01. The Morgan fingerprint density at radius 3 is 2.72 bits per heavy atom. The molecule has 25 heavy (non-hydrogen) atoms. The van der Waals surface area contributed by atoms with E-state index in [1.54, 1.807) is 24.0 Å². The highest BCUT2D eigenvalue weighted by Gasteiger charge is 2.29. The maximum Gasteiger partial charge on any atom is 0.341 e. The van der Waals surface area contributed by atoms with Crippen molar-refractivity contribution in [2.24, 2.45) is 0 Å². The van der Waals surface area contributed by atoms with Crippen LogP contribution in [0.5, 0.6) is 0 Å². The minimum Gasteiger partial charge on any atom is -0.449 e. The maximum absolute atomic E-state index is 12.8. The predicted octanol–water partition coefficient (Wildman–Crippen LogP) is 3.10. The van der Waals surface area contributed by atoms with Crippen molar-refractivity contribution in [1.82, 2.24) is 0 Å². The van der Waals surface area contributed by atoms with Gasteiger partial charge in [-0.3, -0.25) is 4.79 Å². The Kier molecular flexibility index (Phi) is 4.74. The second-order valence-electron chi connectivity index (χ2n) is 6.31. The number of nitrogens with zero attached hydrogens (tertiary/aromatic N) is 1. The van der Waals surface area contributed by atoms with Gasteiger partial charge in [0.15, 0.2) is 6.10 Å². The van der Waals surface area contributed by atoms with Crippen LogP contribution in [0.3, 0.4) is 0 Å². The van der Waals surface area contributed by atoms with Gasteiger partial charge >= 0.3 is 5.97 Å². The van der Waals surface area contributed by atoms with Gasteiger partial charge in [-0.25, -0.2) is 4.79 Å². The van der Waals surface area contributed by atoms with Crippen molar-refractivity contribution in [2.75, 3.05) is 17.2 Å². The molecule has 1 aliphatic rings. The minimum absolute atomic E-state index is 0.216. The van der Waals surface area contributed by atoms with Gasteiger partial charge in [-0.1, -0.05) is 30.3 Å². The lowest BCUT2D eigenvalue weighted by molar-refractivity contribution is -0.126. The molecule has 2 N–H and O–H groups in total. The molecular formula is C20H22N2O3. The number of ether oxygens (including phenoxy) is 1. The number of nitrogen functional groups attached to an aromatic ring is 1. The summed E-state index contributed by atoms with van der Waals surface area (Å²) in [7, 11) is 0. The number of nitrogens with two attached hydrogens (primary N) is 1. The molecular weight excluding hydrogens is 316 g/mol. The van der Waals surface area contributed by atoms with E-state index >= 15 is 0 Å². The van der Waals surface area contributed by atoms with E-state index in [1.807, 2.05) is 37.3 Å². The van der Waals surface area contributed by atoms with Gasteiger partial charge in [-0.15, -0.1) is 0 Å². The molecule has 0 saturated carbocycles. The van der Waals surface area contributed by atoms with E-state index in [0.717, 1.165) is 29.7 Å².